The smallest absolute Gasteiger partial charge is 0.296 e. The molecule has 1 aromatic carbocycles. The van der Waals surface area contributed by atoms with E-state index in [1.807, 2.05) is 20.8 Å². The predicted octanol–water partition coefficient (Wildman–Crippen LogP) is 2.01. The van der Waals surface area contributed by atoms with E-state index in [0.717, 1.165) is 5.56 Å². The maximum absolute atomic E-state index is 12.4. The summed E-state index contributed by atoms with van der Waals surface area (Å²) in [6.45, 7) is 6.34. The number of fused-ring (bicyclic) bond motifs is 2. The van der Waals surface area contributed by atoms with Crippen molar-refractivity contribution in [1.29, 1.82) is 0 Å². The lowest BCUT2D eigenvalue weighted by Crippen LogP contribution is -2.31. The van der Waals surface area contributed by atoms with Gasteiger partial charge in [0, 0.05) is 5.92 Å². The maximum atomic E-state index is 12.4. The lowest BCUT2D eigenvalue weighted by atomic mass is 10.1. The van der Waals surface area contributed by atoms with Crippen molar-refractivity contribution < 1.29 is 26.8 Å². The van der Waals surface area contributed by atoms with E-state index in [1.165, 1.54) is 0 Å². The quantitative estimate of drug-likeness (QED) is 0.608. The van der Waals surface area contributed by atoms with Crippen molar-refractivity contribution in [3.63, 3.8) is 0 Å². The molecule has 1 aliphatic carbocycles. The minimum atomic E-state index is -3.78. The van der Waals surface area contributed by atoms with Crippen LogP contribution in [0.2, 0.25) is 0 Å². The van der Waals surface area contributed by atoms with Gasteiger partial charge in [-0.15, -0.1) is 0 Å². The zero-order valence-corrected chi connectivity index (χ0v) is 14.8. The Balaban J connectivity index is 1.47. The second kappa shape index (κ2) is 5.25. The van der Waals surface area contributed by atoms with E-state index in [9.17, 15) is 8.42 Å². The third-order valence-electron chi connectivity index (χ3n) is 4.98. The minimum absolute atomic E-state index is 0.0699. The number of epoxide rings is 1. The van der Waals surface area contributed by atoms with Crippen LogP contribution in [0.5, 0.6) is 0 Å². The van der Waals surface area contributed by atoms with E-state index in [0.29, 0.717) is 13.0 Å². The molecule has 0 unspecified atom stereocenters. The highest BCUT2D eigenvalue weighted by atomic mass is 32.2. The second-order valence-corrected chi connectivity index (χ2v) is 9.01. The Bertz CT molecular complexity index is 735. The van der Waals surface area contributed by atoms with Gasteiger partial charge in [-0.1, -0.05) is 17.7 Å². The Morgan fingerprint density at radius 3 is 2.50 bits per heavy atom. The predicted molar refractivity (Wildman–Crippen MR) is 84.9 cm³/mol. The molecule has 7 heteroatoms. The van der Waals surface area contributed by atoms with Gasteiger partial charge in [0.2, 0.25) is 0 Å². The van der Waals surface area contributed by atoms with Crippen molar-refractivity contribution in [2.75, 3.05) is 13.2 Å². The molecule has 0 N–H and O–H groups in total. The molecule has 0 aromatic heterocycles. The third kappa shape index (κ3) is 2.78. The fourth-order valence-corrected chi connectivity index (χ4v) is 4.65. The van der Waals surface area contributed by atoms with Crippen LogP contribution in [0.4, 0.5) is 0 Å². The van der Waals surface area contributed by atoms with Crippen LogP contribution in [0.3, 0.4) is 0 Å². The summed E-state index contributed by atoms with van der Waals surface area (Å²) in [5.74, 6) is -0.748. The van der Waals surface area contributed by atoms with Crippen LogP contribution in [0.25, 0.3) is 0 Å². The average molecular weight is 354 g/mol. The average Bonchev–Trinajstić information content (AvgIpc) is 3.14. The van der Waals surface area contributed by atoms with Crippen molar-refractivity contribution in [3.8, 4) is 0 Å². The van der Waals surface area contributed by atoms with Crippen LogP contribution in [-0.2, 0) is 28.5 Å². The number of benzene rings is 1. The van der Waals surface area contributed by atoms with Gasteiger partial charge in [0.15, 0.2) is 5.79 Å². The molecule has 0 radical (unpaired) electrons. The summed E-state index contributed by atoms with van der Waals surface area (Å²) in [4.78, 5) is 0.170. The molecule has 6 nitrogen and oxygen atoms in total. The van der Waals surface area contributed by atoms with E-state index in [2.05, 4.69) is 0 Å². The van der Waals surface area contributed by atoms with E-state index in [4.69, 9.17) is 18.4 Å². The van der Waals surface area contributed by atoms with Gasteiger partial charge in [0.1, 0.15) is 11.7 Å². The standard InChI is InChI=1S/C17H22O6S/c1-11-4-6-13(7-5-11)24(18,19)21-9-12-8-17(10-20-17)15-14(12)22-16(2,3)23-15/h4-7,12,14-15H,8-10H2,1-3H3/t12-,14-,15-,17-/m1/s1. The van der Waals surface area contributed by atoms with Crippen molar-refractivity contribution in [2.45, 2.75) is 55.7 Å². The number of hydrogen-bond donors (Lipinski definition) is 0. The van der Waals surface area contributed by atoms with Gasteiger partial charge in [-0.25, -0.2) is 0 Å². The van der Waals surface area contributed by atoms with Gasteiger partial charge in [-0.2, -0.15) is 8.42 Å². The first kappa shape index (κ1) is 16.5. The van der Waals surface area contributed by atoms with Crippen molar-refractivity contribution in [3.05, 3.63) is 29.8 Å². The van der Waals surface area contributed by atoms with Crippen molar-refractivity contribution in [2.24, 2.45) is 5.92 Å². The number of rotatable bonds is 4. The molecular formula is C17H22O6S. The highest BCUT2D eigenvalue weighted by molar-refractivity contribution is 7.86. The van der Waals surface area contributed by atoms with Crippen molar-refractivity contribution in [1.82, 2.24) is 0 Å². The molecule has 0 bridgehead atoms. The summed E-state index contributed by atoms with van der Waals surface area (Å²) in [6.07, 6.45) is 0.348. The molecule has 3 fully saturated rings. The minimum Gasteiger partial charge on any atom is -0.367 e. The summed E-state index contributed by atoms with van der Waals surface area (Å²) in [6, 6.07) is 6.63. The Hall–Kier alpha value is -0.990. The molecule has 1 saturated carbocycles. The summed E-state index contributed by atoms with van der Waals surface area (Å²) in [7, 11) is -3.78. The van der Waals surface area contributed by atoms with E-state index >= 15 is 0 Å². The SMILES string of the molecule is Cc1ccc(S(=O)(=O)OC[C@H]2C[C@@]3(CO3)[C@@H]3OC(C)(C)O[C@H]23)cc1. The maximum Gasteiger partial charge on any atom is 0.296 e. The molecule has 1 aromatic rings. The van der Waals surface area contributed by atoms with Gasteiger partial charge in [-0.05, 0) is 39.3 Å². The summed E-state index contributed by atoms with van der Waals surface area (Å²) < 4.78 is 47.6. The zero-order valence-electron chi connectivity index (χ0n) is 14.0. The zero-order chi connectivity index (χ0) is 17.2. The summed E-state index contributed by atoms with van der Waals surface area (Å²) in [5, 5.41) is 0. The van der Waals surface area contributed by atoms with Gasteiger partial charge in [0.05, 0.1) is 24.2 Å². The van der Waals surface area contributed by atoms with Crippen LogP contribution in [0, 0.1) is 12.8 Å². The molecular weight excluding hydrogens is 332 g/mol. The van der Waals surface area contributed by atoms with Crippen LogP contribution < -0.4 is 0 Å². The van der Waals surface area contributed by atoms with Crippen LogP contribution in [0.1, 0.15) is 25.8 Å². The number of ether oxygens (including phenoxy) is 3. The van der Waals surface area contributed by atoms with Crippen LogP contribution in [-0.4, -0.2) is 45.2 Å². The highest BCUT2D eigenvalue weighted by Gasteiger charge is 2.68. The van der Waals surface area contributed by atoms with Gasteiger partial charge < -0.3 is 14.2 Å². The Kier molecular flexibility index (Phi) is 3.61. The molecule has 4 rings (SSSR count). The molecule has 2 heterocycles. The number of aryl methyl sites for hydroxylation is 1. The molecule has 4 atom stereocenters. The lowest BCUT2D eigenvalue weighted by Gasteiger charge is -2.22. The summed E-state index contributed by atoms with van der Waals surface area (Å²) in [5.41, 5.74) is 0.680. The largest absolute Gasteiger partial charge is 0.367 e. The summed E-state index contributed by atoms with van der Waals surface area (Å²) >= 11 is 0. The molecule has 1 spiro atoms. The Morgan fingerprint density at radius 1 is 1.21 bits per heavy atom. The van der Waals surface area contributed by atoms with Crippen LogP contribution in [0.15, 0.2) is 29.2 Å². The second-order valence-electron chi connectivity index (χ2n) is 7.39. The van der Waals surface area contributed by atoms with Gasteiger partial charge in [0.25, 0.3) is 10.1 Å². The van der Waals surface area contributed by atoms with Crippen molar-refractivity contribution >= 4 is 10.1 Å². The van der Waals surface area contributed by atoms with Gasteiger partial charge >= 0.3 is 0 Å². The molecule has 2 aliphatic heterocycles. The first-order chi connectivity index (χ1) is 11.2. The molecule has 0 amide bonds. The van der Waals surface area contributed by atoms with Gasteiger partial charge in [-0.3, -0.25) is 4.18 Å². The van der Waals surface area contributed by atoms with Crippen LogP contribution >= 0.6 is 0 Å². The molecule has 3 aliphatic rings. The first-order valence-corrected chi connectivity index (χ1v) is 9.57. The Morgan fingerprint density at radius 2 is 1.88 bits per heavy atom. The lowest BCUT2D eigenvalue weighted by molar-refractivity contribution is -0.163. The van der Waals surface area contributed by atoms with E-state index < -0.39 is 15.9 Å². The topological polar surface area (TPSA) is 74.4 Å². The normalized spacial score (nSPS) is 36.9. The molecule has 2 saturated heterocycles. The Labute approximate surface area is 142 Å². The first-order valence-electron chi connectivity index (χ1n) is 8.17. The third-order valence-corrected chi connectivity index (χ3v) is 6.28. The van der Waals surface area contributed by atoms with E-state index in [1.54, 1.807) is 24.3 Å². The van der Waals surface area contributed by atoms with E-state index in [-0.39, 0.29) is 35.2 Å². The molecule has 24 heavy (non-hydrogen) atoms. The fraction of sp³-hybridized carbons (Fsp3) is 0.647. The monoisotopic (exact) mass is 354 g/mol. The molecule has 132 valence electrons. The number of hydrogen-bond acceptors (Lipinski definition) is 6. The highest BCUT2D eigenvalue weighted by Crippen LogP contribution is 2.54. The fourth-order valence-electron chi connectivity index (χ4n) is 3.69.